The number of carbonyl (C=O) groups excluding carboxylic acids is 1. The molecule has 0 saturated heterocycles. The third-order valence-corrected chi connectivity index (χ3v) is 2.20. The van der Waals surface area contributed by atoms with E-state index in [1.807, 2.05) is 13.8 Å². The predicted octanol–water partition coefficient (Wildman–Crippen LogP) is 1.29. The summed E-state index contributed by atoms with van der Waals surface area (Å²) in [5.74, 6) is 1.01. The Bertz CT molecular complexity index is 507. The first-order chi connectivity index (χ1) is 8.16. The highest BCUT2D eigenvalue weighted by molar-refractivity contribution is 5.81. The van der Waals surface area contributed by atoms with Crippen molar-refractivity contribution in [2.75, 3.05) is 0 Å². The Kier molecular flexibility index (Phi) is 3.22. The largest absolute Gasteiger partial charge is 0.338 e. The highest BCUT2D eigenvalue weighted by Gasteiger charge is 2.15. The molecule has 88 valence electrons. The van der Waals surface area contributed by atoms with Crippen molar-refractivity contribution < 1.29 is 9.32 Å². The zero-order valence-electron chi connectivity index (χ0n) is 9.62. The number of Topliss-reactive ketones (excluding diaryl/α,β-unsaturated/α-hetero) is 1. The Hall–Kier alpha value is -2.11. The highest BCUT2D eigenvalue weighted by Crippen LogP contribution is 2.10. The van der Waals surface area contributed by atoms with Gasteiger partial charge in [0, 0.05) is 18.3 Å². The number of carbonyl (C=O) groups is 1. The minimum absolute atomic E-state index is 0.0432. The van der Waals surface area contributed by atoms with Crippen LogP contribution in [-0.2, 0) is 11.2 Å². The van der Waals surface area contributed by atoms with Gasteiger partial charge < -0.3 is 4.52 Å². The molecular formula is C11H12N4O2. The van der Waals surface area contributed by atoms with E-state index in [1.165, 1.54) is 0 Å². The fourth-order valence-electron chi connectivity index (χ4n) is 1.19. The Morgan fingerprint density at radius 1 is 1.29 bits per heavy atom. The van der Waals surface area contributed by atoms with Crippen molar-refractivity contribution in [3.05, 3.63) is 24.4 Å². The van der Waals surface area contributed by atoms with Crippen LogP contribution in [0.4, 0.5) is 0 Å². The lowest BCUT2D eigenvalue weighted by atomic mass is 10.1. The van der Waals surface area contributed by atoms with Gasteiger partial charge in [0.15, 0.2) is 0 Å². The van der Waals surface area contributed by atoms with Crippen molar-refractivity contribution >= 4 is 5.78 Å². The van der Waals surface area contributed by atoms with Crippen molar-refractivity contribution in [1.29, 1.82) is 0 Å². The highest BCUT2D eigenvalue weighted by atomic mass is 16.5. The quantitative estimate of drug-likeness (QED) is 0.790. The second-order valence-electron chi connectivity index (χ2n) is 3.88. The lowest BCUT2D eigenvalue weighted by Crippen LogP contribution is -2.10. The molecule has 0 N–H and O–H groups in total. The van der Waals surface area contributed by atoms with Gasteiger partial charge in [0.05, 0.1) is 6.42 Å². The van der Waals surface area contributed by atoms with Crippen LogP contribution in [0.25, 0.3) is 11.6 Å². The summed E-state index contributed by atoms with van der Waals surface area (Å²) < 4.78 is 4.98. The summed E-state index contributed by atoms with van der Waals surface area (Å²) in [6, 6.07) is 1.70. The summed E-state index contributed by atoms with van der Waals surface area (Å²) in [5, 5.41) is 3.74. The number of nitrogens with zero attached hydrogens (tertiary/aromatic N) is 4. The molecule has 6 nitrogen and oxygen atoms in total. The SMILES string of the molecule is CC(C)C(=O)Cc1nc(-c2ncccn2)no1. The molecule has 0 bridgehead atoms. The predicted molar refractivity (Wildman–Crippen MR) is 58.9 cm³/mol. The van der Waals surface area contributed by atoms with Crippen LogP contribution in [0.2, 0.25) is 0 Å². The average Bonchev–Trinajstić information content (AvgIpc) is 2.78. The molecular weight excluding hydrogens is 220 g/mol. The smallest absolute Gasteiger partial charge is 0.240 e. The van der Waals surface area contributed by atoms with Gasteiger partial charge in [-0.25, -0.2) is 9.97 Å². The summed E-state index contributed by atoms with van der Waals surface area (Å²) >= 11 is 0. The Morgan fingerprint density at radius 2 is 2.00 bits per heavy atom. The minimum atomic E-state index is -0.0432. The summed E-state index contributed by atoms with van der Waals surface area (Å²) in [6.07, 6.45) is 3.34. The van der Waals surface area contributed by atoms with E-state index in [1.54, 1.807) is 18.5 Å². The summed E-state index contributed by atoms with van der Waals surface area (Å²) in [4.78, 5) is 23.6. The molecule has 0 spiro atoms. The Balaban J connectivity index is 2.14. The van der Waals surface area contributed by atoms with Crippen LogP contribution in [0.1, 0.15) is 19.7 Å². The molecule has 2 rings (SSSR count). The van der Waals surface area contributed by atoms with Crippen molar-refractivity contribution in [1.82, 2.24) is 20.1 Å². The molecule has 6 heteroatoms. The molecule has 0 aliphatic heterocycles. The van der Waals surface area contributed by atoms with Crippen LogP contribution in [0.5, 0.6) is 0 Å². The molecule has 2 aromatic rings. The monoisotopic (exact) mass is 232 g/mol. The van der Waals surface area contributed by atoms with Gasteiger partial charge in [0.25, 0.3) is 0 Å². The standard InChI is InChI=1S/C11H12N4O2/c1-7(2)8(16)6-9-14-11(15-17-9)10-12-4-3-5-13-10/h3-5,7H,6H2,1-2H3. The second-order valence-corrected chi connectivity index (χ2v) is 3.88. The van der Waals surface area contributed by atoms with Gasteiger partial charge in [0.1, 0.15) is 5.78 Å². The zero-order chi connectivity index (χ0) is 12.3. The first-order valence-electron chi connectivity index (χ1n) is 5.29. The van der Waals surface area contributed by atoms with Gasteiger partial charge in [-0.15, -0.1) is 0 Å². The molecule has 2 aromatic heterocycles. The number of rotatable bonds is 4. The number of hydrogen-bond donors (Lipinski definition) is 0. The summed E-state index contributed by atoms with van der Waals surface area (Å²) in [5.41, 5.74) is 0. The van der Waals surface area contributed by atoms with E-state index in [9.17, 15) is 4.79 Å². The molecule has 0 atom stereocenters. The van der Waals surface area contributed by atoms with E-state index in [4.69, 9.17) is 4.52 Å². The van der Waals surface area contributed by atoms with Gasteiger partial charge in [-0.1, -0.05) is 19.0 Å². The van der Waals surface area contributed by atoms with Crippen molar-refractivity contribution in [2.45, 2.75) is 20.3 Å². The Labute approximate surface area is 98.1 Å². The number of hydrogen-bond acceptors (Lipinski definition) is 6. The molecule has 0 amide bonds. The van der Waals surface area contributed by atoms with Crippen molar-refractivity contribution in [2.24, 2.45) is 5.92 Å². The molecule has 0 aliphatic rings. The fraction of sp³-hybridized carbons (Fsp3) is 0.364. The lowest BCUT2D eigenvalue weighted by molar-refractivity contribution is -0.121. The lowest BCUT2D eigenvalue weighted by Gasteiger charge is -1.98. The van der Waals surface area contributed by atoms with E-state index in [2.05, 4.69) is 20.1 Å². The van der Waals surface area contributed by atoms with Gasteiger partial charge in [-0.2, -0.15) is 4.98 Å². The zero-order valence-corrected chi connectivity index (χ0v) is 9.62. The van der Waals surface area contributed by atoms with Crippen LogP contribution in [-0.4, -0.2) is 25.9 Å². The molecule has 0 saturated carbocycles. The third kappa shape index (κ3) is 2.72. The third-order valence-electron chi connectivity index (χ3n) is 2.20. The maximum atomic E-state index is 11.5. The van der Waals surface area contributed by atoms with E-state index in [0.717, 1.165) is 0 Å². The van der Waals surface area contributed by atoms with E-state index in [0.29, 0.717) is 17.5 Å². The molecule has 0 fully saturated rings. The van der Waals surface area contributed by atoms with Crippen LogP contribution < -0.4 is 0 Å². The number of aromatic nitrogens is 4. The molecule has 2 heterocycles. The second kappa shape index (κ2) is 4.82. The van der Waals surface area contributed by atoms with Gasteiger partial charge in [-0.3, -0.25) is 4.79 Å². The topological polar surface area (TPSA) is 81.8 Å². The molecule has 0 aliphatic carbocycles. The average molecular weight is 232 g/mol. The summed E-state index contributed by atoms with van der Waals surface area (Å²) in [7, 11) is 0. The van der Waals surface area contributed by atoms with Gasteiger partial charge in [-0.05, 0) is 6.07 Å². The number of ketones is 1. The normalized spacial score (nSPS) is 10.8. The maximum Gasteiger partial charge on any atom is 0.240 e. The summed E-state index contributed by atoms with van der Waals surface area (Å²) in [6.45, 7) is 3.67. The van der Waals surface area contributed by atoms with Crippen molar-refractivity contribution in [3.8, 4) is 11.6 Å². The van der Waals surface area contributed by atoms with Crippen molar-refractivity contribution in [3.63, 3.8) is 0 Å². The molecule has 17 heavy (non-hydrogen) atoms. The molecule has 0 unspecified atom stereocenters. The van der Waals surface area contributed by atoms with E-state index in [-0.39, 0.29) is 18.1 Å². The van der Waals surface area contributed by atoms with Crippen LogP contribution >= 0.6 is 0 Å². The fourth-order valence-corrected chi connectivity index (χ4v) is 1.19. The maximum absolute atomic E-state index is 11.5. The van der Waals surface area contributed by atoms with Crippen LogP contribution in [0, 0.1) is 5.92 Å². The van der Waals surface area contributed by atoms with Crippen LogP contribution in [0.15, 0.2) is 23.0 Å². The van der Waals surface area contributed by atoms with Gasteiger partial charge >= 0.3 is 0 Å². The van der Waals surface area contributed by atoms with Crippen LogP contribution in [0.3, 0.4) is 0 Å². The Morgan fingerprint density at radius 3 is 2.65 bits per heavy atom. The first kappa shape index (κ1) is 11.4. The van der Waals surface area contributed by atoms with E-state index >= 15 is 0 Å². The minimum Gasteiger partial charge on any atom is -0.338 e. The molecule has 0 aromatic carbocycles. The van der Waals surface area contributed by atoms with Gasteiger partial charge in [0.2, 0.25) is 17.5 Å². The van der Waals surface area contributed by atoms with E-state index < -0.39 is 0 Å². The first-order valence-corrected chi connectivity index (χ1v) is 5.29. The molecule has 0 radical (unpaired) electrons.